The third-order valence-electron chi connectivity index (χ3n) is 2.53. The van der Waals surface area contributed by atoms with Gasteiger partial charge >= 0.3 is 5.97 Å². The Morgan fingerprint density at radius 1 is 1.58 bits per heavy atom. The number of rotatable bonds is 6. The maximum atomic E-state index is 12.1. The topological polar surface area (TPSA) is 80.6 Å². The first kappa shape index (κ1) is 15.7. The Labute approximate surface area is 119 Å². The van der Waals surface area contributed by atoms with Crippen LogP contribution in [0.1, 0.15) is 23.8 Å². The van der Waals surface area contributed by atoms with Gasteiger partial charge in [0, 0.05) is 17.2 Å². The standard InChI is InChI=1S/C12H17BrN2O4/c1-3-4-15-6-8(13)5-10(15)11(17)14-9(7-16)12(18)19-2/h5-6,9,16H,3-4,7H2,1-2H3,(H,14,17). The summed E-state index contributed by atoms with van der Waals surface area (Å²) in [6.45, 7) is 2.19. The summed E-state index contributed by atoms with van der Waals surface area (Å²) in [6, 6.07) is 0.609. The van der Waals surface area contributed by atoms with E-state index in [2.05, 4.69) is 26.0 Å². The number of aliphatic hydroxyl groups is 1. The van der Waals surface area contributed by atoms with Gasteiger partial charge in [-0.2, -0.15) is 0 Å². The first-order valence-electron chi connectivity index (χ1n) is 5.88. The lowest BCUT2D eigenvalue weighted by molar-refractivity contribution is -0.143. The van der Waals surface area contributed by atoms with Gasteiger partial charge in [-0.3, -0.25) is 4.79 Å². The lowest BCUT2D eigenvalue weighted by Gasteiger charge is -2.14. The van der Waals surface area contributed by atoms with E-state index in [0.29, 0.717) is 12.2 Å². The predicted molar refractivity (Wildman–Crippen MR) is 72.8 cm³/mol. The fraction of sp³-hybridized carbons (Fsp3) is 0.500. The number of aromatic nitrogens is 1. The molecule has 0 spiro atoms. The van der Waals surface area contributed by atoms with Crippen LogP contribution in [0.4, 0.5) is 0 Å². The molecule has 0 bridgehead atoms. The van der Waals surface area contributed by atoms with Crippen LogP contribution in [0, 0.1) is 0 Å². The molecule has 0 aromatic carbocycles. The van der Waals surface area contributed by atoms with Crippen molar-refractivity contribution in [3.05, 3.63) is 22.4 Å². The average Bonchev–Trinajstić information content (AvgIpc) is 2.76. The number of halogens is 1. The molecule has 0 aliphatic heterocycles. The Morgan fingerprint density at radius 3 is 2.79 bits per heavy atom. The number of hydrogen-bond donors (Lipinski definition) is 2. The lowest BCUT2D eigenvalue weighted by Crippen LogP contribution is -2.44. The fourth-order valence-electron chi connectivity index (χ4n) is 1.64. The van der Waals surface area contributed by atoms with Crippen molar-refractivity contribution >= 4 is 27.8 Å². The molecule has 1 unspecified atom stereocenters. The molecule has 1 heterocycles. The Bertz CT molecular complexity index is 459. The summed E-state index contributed by atoms with van der Waals surface area (Å²) in [5.74, 6) is -1.10. The molecule has 1 aromatic heterocycles. The van der Waals surface area contributed by atoms with Gasteiger partial charge in [0.15, 0.2) is 6.04 Å². The number of aliphatic hydroxyl groups excluding tert-OH is 1. The number of esters is 1. The molecule has 2 N–H and O–H groups in total. The van der Waals surface area contributed by atoms with E-state index < -0.39 is 24.5 Å². The highest BCUT2D eigenvalue weighted by Gasteiger charge is 2.22. The number of aryl methyl sites for hydroxylation is 1. The summed E-state index contributed by atoms with van der Waals surface area (Å²) in [5, 5.41) is 11.5. The molecule has 0 radical (unpaired) electrons. The minimum absolute atomic E-state index is 0.427. The predicted octanol–water partition coefficient (Wildman–Crippen LogP) is 0.924. The molecule has 0 fully saturated rings. The zero-order valence-corrected chi connectivity index (χ0v) is 12.4. The van der Waals surface area contributed by atoms with Gasteiger partial charge in [-0.05, 0) is 28.4 Å². The number of nitrogens with one attached hydrogen (secondary N) is 1. The molecule has 19 heavy (non-hydrogen) atoms. The molecule has 0 saturated heterocycles. The van der Waals surface area contributed by atoms with Gasteiger partial charge in [0.2, 0.25) is 0 Å². The van der Waals surface area contributed by atoms with E-state index in [0.717, 1.165) is 10.9 Å². The molecule has 106 valence electrons. The number of hydrogen-bond acceptors (Lipinski definition) is 4. The molecule has 1 aromatic rings. The molecular formula is C12H17BrN2O4. The number of nitrogens with zero attached hydrogens (tertiary/aromatic N) is 1. The van der Waals surface area contributed by atoms with Gasteiger partial charge in [0.25, 0.3) is 5.91 Å². The van der Waals surface area contributed by atoms with Crippen molar-refractivity contribution in [2.75, 3.05) is 13.7 Å². The summed E-state index contributed by atoms with van der Waals surface area (Å²) in [7, 11) is 1.20. The van der Waals surface area contributed by atoms with Gasteiger partial charge < -0.3 is 19.7 Å². The Morgan fingerprint density at radius 2 is 2.26 bits per heavy atom. The van der Waals surface area contributed by atoms with E-state index in [1.165, 1.54) is 7.11 Å². The molecule has 0 saturated carbocycles. The van der Waals surface area contributed by atoms with Crippen LogP contribution in [0.25, 0.3) is 0 Å². The smallest absolute Gasteiger partial charge is 0.330 e. The summed E-state index contributed by atoms with van der Waals surface area (Å²) >= 11 is 3.31. The van der Waals surface area contributed by atoms with E-state index in [1.807, 2.05) is 6.92 Å². The SMILES string of the molecule is CCCn1cc(Br)cc1C(=O)NC(CO)C(=O)OC. The van der Waals surface area contributed by atoms with Crippen LogP contribution in [-0.2, 0) is 16.1 Å². The quantitative estimate of drug-likeness (QED) is 0.759. The van der Waals surface area contributed by atoms with E-state index in [-0.39, 0.29) is 0 Å². The summed E-state index contributed by atoms with van der Waals surface area (Å²) in [4.78, 5) is 23.4. The van der Waals surface area contributed by atoms with Crippen LogP contribution in [0.2, 0.25) is 0 Å². The molecule has 1 amide bonds. The maximum Gasteiger partial charge on any atom is 0.330 e. The highest BCUT2D eigenvalue weighted by Crippen LogP contribution is 2.15. The normalized spacial score (nSPS) is 12.0. The lowest BCUT2D eigenvalue weighted by atomic mass is 10.3. The van der Waals surface area contributed by atoms with Crippen molar-refractivity contribution in [2.24, 2.45) is 0 Å². The Balaban J connectivity index is 2.85. The van der Waals surface area contributed by atoms with Crippen molar-refractivity contribution in [1.82, 2.24) is 9.88 Å². The van der Waals surface area contributed by atoms with Crippen LogP contribution in [-0.4, -0.2) is 41.3 Å². The van der Waals surface area contributed by atoms with Crippen LogP contribution >= 0.6 is 15.9 Å². The van der Waals surface area contributed by atoms with E-state index >= 15 is 0 Å². The highest BCUT2D eigenvalue weighted by atomic mass is 79.9. The number of carbonyl (C=O) groups is 2. The third-order valence-corrected chi connectivity index (χ3v) is 2.97. The average molecular weight is 333 g/mol. The minimum atomic E-state index is -1.05. The number of ether oxygens (including phenoxy) is 1. The van der Waals surface area contributed by atoms with E-state index in [9.17, 15) is 9.59 Å². The van der Waals surface area contributed by atoms with Gasteiger partial charge in [0.1, 0.15) is 5.69 Å². The van der Waals surface area contributed by atoms with Crippen molar-refractivity contribution in [1.29, 1.82) is 0 Å². The summed E-state index contributed by atoms with van der Waals surface area (Å²) in [5.41, 5.74) is 0.427. The summed E-state index contributed by atoms with van der Waals surface area (Å²) < 4.78 is 7.06. The highest BCUT2D eigenvalue weighted by molar-refractivity contribution is 9.10. The molecule has 1 rings (SSSR count). The van der Waals surface area contributed by atoms with Crippen molar-refractivity contribution < 1.29 is 19.4 Å². The van der Waals surface area contributed by atoms with Gasteiger partial charge in [-0.15, -0.1) is 0 Å². The molecule has 7 heteroatoms. The molecule has 1 atom stereocenters. The monoisotopic (exact) mass is 332 g/mol. The number of methoxy groups -OCH3 is 1. The zero-order chi connectivity index (χ0) is 14.4. The Hall–Kier alpha value is -1.34. The first-order chi connectivity index (χ1) is 9.03. The van der Waals surface area contributed by atoms with E-state index in [1.54, 1.807) is 16.8 Å². The minimum Gasteiger partial charge on any atom is -0.467 e. The Kier molecular flexibility index (Phi) is 6.04. The third kappa shape index (κ3) is 4.07. The number of carbonyl (C=O) groups excluding carboxylic acids is 2. The van der Waals surface area contributed by atoms with Crippen molar-refractivity contribution in [3.63, 3.8) is 0 Å². The second kappa shape index (κ2) is 7.30. The second-order valence-corrected chi connectivity index (χ2v) is 4.88. The van der Waals surface area contributed by atoms with Crippen LogP contribution in [0.3, 0.4) is 0 Å². The van der Waals surface area contributed by atoms with Gasteiger partial charge in [0.05, 0.1) is 13.7 Å². The number of amides is 1. The second-order valence-electron chi connectivity index (χ2n) is 3.97. The molecular weight excluding hydrogens is 316 g/mol. The van der Waals surface area contributed by atoms with Crippen LogP contribution in [0.15, 0.2) is 16.7 Å². The van der Waals surface area contributed by atoms with E-state index in [4.69, 9.17) is 5.11 Å². The fourth-order valence-corrected chi connectivity index (χ4v) is 2.11. The van der Waals surface area contributed by atoms with Gasteiger partial charge in [-0.25, -0.2) is 4.79 Å². The van der Waals surface area contributed by atoms with Crippen molar-refractivity contribution in [3.8, 4) is 0 Å². The largest absolute Gasteiger partial charge is 0.467 e. The van der Waals surface area contributed by atoms with Crippen LogP contribution < -0.4 is 5.32 Å². The summed E-state index contributed by atoms with van der Waals surface area (Å²) in [6.07, 6.45) is 2.67. The van der Waals surface area contributed by atoms with Crippen molar-refractivity contribution in [2.45, 2.75) is 25.9 Å². The molecule has 0 aliphatic rings. The zero-order valence-electron chi connectivity index (χ0n) is 10.9. The molecule has 6 nitrogen and oxygen atoms in total. The maximum absolute atomic E-state index is 12.1. The first-order valence-corrected chi connectivity index (χ1v) is 6.68. The van der Waals surface area contributed by atoms with Gasteiger partial charge in [-0.1, -0.05) is 6.92 Å². The van der Waals surface area contributed by atoms with Crippen LogP contribution in [0.5, 0.6) is 0 Å². The molecule has 0 aliphatic carbocycles.